The maximum atomic E-state index is 5.74. The third-order valence-corrected chi connectivity index (χ3v) is 3.15. The van der Waals surface area contributed by atoms with E-state index in [1.807, 2.05) is 24.3 Å². The molecule has 0 atom stereocenters. The third-order valence-electron chi connectivity index (χ3n) is 3.15. The Hall–Kier alpha value is -2.47. The molecule has 0 aromatic heterocycles. The maximum Gasteiger partial charge on any atom is 0.176 e. The number of amidine groups is 2. The van der Waals surface area contributed by atoms with Gasteiger partial charge in [0.05, 0.1) is 5.71 Å². The first-order valence-corrected chi connectivity index (χ1v) is 6.84. The van der Waals surface area contributed by atoms with Crippen LogP contribution in [-0.4, -0.2) is 30.5 Å². The lowest BCUT2D eigenvalue weighted by Crippen LogP contribution is -2.16. The molecule has 0 unspecified atom stereocenters. The van der Waals surface area contributed by atoms with Gasteiger partial charge < -0.3 is 16.2 Å². The molecule has 0 bridgehead atoms. The summed E-state index contributed by atoms with van der Waals surface area (Å²) in [6.07, 6.45) is 2.93. The van der Waals surface area contributed by atoms with E-state index in [1.54, 1.807) is 6.20 Å². The molecule has 0 saturated carbocycles. The Morgan fingerprint density at radius 2 is 1.95 bits per heavy atom. The summed E-state index contributed by atoms with van der Waals surface area (Å²) < 4.78 is 5.45. The highest BCUT2D eigenvalue weighted by molar-refractivity contribution is 6.48. The van der Waals surface area contributed by atoms with Crippen molar-refractivity contribution < 1.29 is 4.74 Å². The Balaban J connectivity index is 1.66. The van der Waals surface area contributed by atoms with E-state index in [2.05, 4.69) is 15.0 Å². The minimum absolute atomic E-state index is 0.509. The highest BCUT2D eigenvalue weighted by atomic mass is 16.5. The van der Waals surface area contributed by atoms with Crippen molar-refractivity contribution in [2.75, 3.05) is 13.2 Å². The van der Waals surface area contributed by atoms with Crippen molar-refractivity contribution in [1.29, 1.82) is 0 Å². The van der Waals surface area contributed by atoms with E-state index >= 15 is 0 Å². The molecule has 6 nitrogen and oxygen atoms in total. The van der Waals surface area contributed by atoms with Crippen LogP contribution in [0.5, 0.6) is 5.75 Å². The van der Waals surface area contributed by atoms with Crippen molar-refractivity contribution in [3.05, 3.63) is 41.7 Å². The Labute approximate surface area is 122 Å². The Morgan fingerprint density at radius 1 is 1.14 bits per heavy atom. The Kier molecular flexibility index (Phi) is 3.79. The molecule has 1 aromatic rings. The van der Waals surface area contributed by atoms with Crippen LogP contribution in [0, 0.1) is 0 Å². The van der Waals surface area contributed by atoms with Gasteiger partial charge in [0.2, 0.25) is 0 Å². The zero-order chi connectivity index (χ0) is 14.7. The van der Waals surface area contributed by atoms with Gasteiger partial charge in [0, 0.05) is 31.3 Å². The first kappa shape index (κ1) is 13.5. The average Bonchev–Trinajstić information content (AvgIpc) is 2.88. The van der Waals surface area contributed by atoms with Gasteiger partial charge in [-0.1, -0.05) is 12.1 Å². The molecule has 0 spiro atoms. The van der Waals surface area contributed by atoms with Gasteiger partial charge in [-0.3, -0.25) is 0 Å². The van der Waals surface area contributed by atoms with Crippen molar-refractivity contribution in [1.82, 2.24) is 0 Å². The molecule has 21 heavy (non-hydrogen) atoms. The van der Waals surface area contributed by atoms with Gasteiger partial charge in [0.25, 0.3) is 0 Å². The number of hydrogen-bond donors (Lipinski definition) is 2. The zero-order valence-corrected chi connectivity index (χ0v) is 11.6. The van der Waals surface area contributed by atoms with E-state index in [4.69, 9.17) is 16.2 Å². The van der Waals surface area contributed by atoms with Crippen LogP contribution >= 0.6 is 0 Å². The Morgan fingerprint density at radius 3 is 2.71 bits per heavy atom. The van der Waals surface area contributed by atoms with Gasteiger partial charge in [0.15, 0.2) is 5.84 Å². The molecule has 2 aliphatic heterocycles. The van der Waals surface area contributed by atoms with Gasteiger partial charge >= 0.3 is 0 Å². The fourth-order valence-corrected chi connectivity index (χ4v) is 2.16. The number of fused-ring (bicyclic) bond motifs is 1. The molecule has 4 N–H and O–H groups in total. The minimum atomic E-state index is 0.509. The van der Waals surface area contributed by atoms with Crippen molar-refractivity contribution in [2.45, 2.75) is 12.8 Å². The molecule has 0 amide bonds. The monoisotopic (exact) mass is 283 g/mol. The second-order valence-electron chi connectivity index (χ2n) is 4.88. The van der Waals surface area contributed by atoms with Crippen LogP contribution < -0.4 is 16.2 Å². The largest absolute Gasteiger partial charge is 0.492 e. The van der Waals surface area contributed by atoms with Crippen molar-refractivity contribution in [3.63, 3.8) is 0 Å². The predicted octanol–water partition coefficient (Wildman–Crippen LogP) is 1.02. The lowest BCUT2D eigenvalue weighted by Gasteiger charge is -2.05. The molecule has 1 aromatic carbocycles. The van der Waals surface area contributed by atoms with E-state index in [9.17, 15) is 0 Å². The molecule has 108 valence electrons. The Bertz CT molecular complexity index is 655. The molecule has 0 aliphatic carbocycles. The van der Waals surface area contributed by atoms with Crippen LogP contribution in [0.3, 0.4) is 0 Å². The van der Waals surface area contributed by atoms with E-state index in [0.717, 1.165) is 28.6 Å². The molecule has 6 heteroatoms. The second-order valence-corrected chi connectivity index (χ2v) is 4.88. The van der Waals surface area contributed by atoms with Crippen molar-refractivity contribution in [2.24, 2.45) is 26.4 Å². The molecular weight excluding hydrogens is 266 g/mol. The number of benzene rings is 1. The topological polar surface area (TPSA) is 98.3 Å². The number of hydrogen-bond acceptors (Lipinski definition) is 6. The summed E-state index contributed by atoms with van der Waals surface area (Å²) >= 11 is 0. The molecule has 0 fully saturated rings. The number of allylic oxidation sites excluding steroid dienone is 1. The van der Waals surface area contributed by atoms with Crippen molar-refractivity contribution in [3.8, 4) is 5.75 Å². The lowest BCUT2D eigenvalue weighted by molar-refractivity contribution is 0.328. The fourth-order valence-electron chi connectivity index (χ4n) is 2.16. The normalized spacial score (nSPS) is 16.6. The SMILES string of the molecule is NCCOc1ccc(CC2=NC3=NC=C(N)CC3=N2)cc1. The van der Waals surface area contributed by atoms with Gasteiger partial charge in [-0.25, -0.2) is 15.0 Å². The van der Waals surface area contributed by atoms with E-state index in [-0.39, 0.29) is 0 Å². The minimum Gasteiger partial charge on any atom is -0.492 e. The molecule has 0 radical (unpaired) electrons. The predicted molar refractivity (Wildman–Crippen MR) is 83.9 cm³/mol. The summed E-state index contributed by atoms with van der Waals surface area (Å²) in [6, 6.07) is 7.87. The molecule has 0 saturated heterocycles. The number of ether oxygens (including phenoxy) is 1. The summed E-state index contributed by atoms with van der Waals surface area (Å²) in [5.41, 5.74) is 13.8. The van der Waals surface area contributed by atoms with Crippen LogP contribution in [0.1, 0.15) is 12.0 Å². The first-order valence-electron chi connectivity index (χ1n) is 6.84. The highest BCUT2D eigenvalue weighted by Crippen LogP contribution is 2.17. The average molecular weight is 283 g/mol. The maximum absolute atomic E-state index is 5.74. The quantitative estimate of drug-likeness (QED) is 0.844. The number of rotatable bonds is 5. The second kappa shape index (κ2) is 5.88. The van der Waals surface area contributed by atoms with Crippen LogP contribution in [0.4, 0.5) is 0 Å². The summed E-state index contributed by atoms with van der Waals surface area (Å²) in [5.74, 6) is 2.27. The lowest BCUT2D eigenvalue weighted by atomic mass is 10.1. The standard InChI is InChI=1S/C15H17N5O/c16-5-6-21-12-3-1-10(2-4-12)7-14-19-13-8-11(17)9-18-15(13)20-14/h1-4,9H,5-8,16-17H2. The summed E-state index contributed by atoms with van der Waals surface area (Å²) in [4.78, 5) is 13.1. The summed E-state index contributed by atoms with van der Waals surface area (Å²) in [6.45, 7) is 1.03. The fraction of sp³-hybridized carbons (Fsp3) is 0.267. The van der Waals surface area contributed by atoms with E-state index in [1.165, 1.54) is 0 Å². The molecule has 2 aliphatic rings. The third kappa shape index (κ3) is 3.17. The number of aliphatic imine (C=N–C) groups is 3. The van der Waals surface area contributed by atoms with Gasteiger partial charge in [-0.15, -0.1) is 0 Å². The summed E-state index contributed by atoms with van der Waals surface area (Å²) in [7, 11) is 0. The smallest absolute Gasteiger partial charge is 0.176 e. The van der Waals surface area contributed by atoms with Crippen LogP contribution in [0.2, 0.25) is 0 Å². The zero-order valence-electron chi connectivity index (χ0n) is 11.6. The van der Waals surface area contributed by atoms with E-state index in [0.29, 0.717) is 31.8 Å². The van der Waals surface area contributed by atoms with Gasteiger partial charge in [-0.2, -0.15) is 0 Å². The highest BCUT2D eigenvalue weighted by Gasteiger charge is 2.20. The molecule has 2 heterocycles. The van der Waals surface area contributed by atoms with Crippen LogP contribution in [0.15, 0.2) is 51.1 Å². The summed E-state index contributed by atoms with van der Waals surface area (Å²) in [5, 5.41) is 0. The first-order chi connectivity index (χ1) is 10.2. The van der Waals surface area contributed by atoms with E-state index < -0.39 is 0 Å². The number of nitrogens with two attached hydrogens (primary N) is 2. The van der Waals surface area contributed by atoms with Gasteiger partial charge in [-0.05, 0) is 17.7 Å². The van der Waals surface area contributed by atoms with Gasteiger partial charge in [0.1, 0.15) is 18.2 Å². The van der Waals surface area contributed by atoms with Crippen LogP contribution in [-0.2, 0) is 6.42 Å². The van der Waals surface area contributed by atoms with Crippen LogP contribution in [0.25, 0.3) is 0 Å². The molecular formula is C15H17N5O. The van der Waals surface area contributed by atoms with Crippen molar-refractivity contribution >= 4 is 17.4 Å². The molecule has 3 rings (SSSR count). The number of nitrogens with zero attached hydrogens (tertiary/aromatic N) is 3.